The molecule has 0 bridgehead atoms. The lowest BCUT2D eigenvalue weighted by molar-refractivity contribution is -0.192. The monoisotopic (exact) mass is 596 g/mol. The summed E-state index contributed by atoms with van der Waals surface area (Å²) in [5, 5.41) is 11.6. The SMILES string of the molecule is COc1ccc2ccc(S(=O)(=O)N[C@H]3CCN(Cc4csc5ccnc(N)c45)C3=O)cc2c1.O=C(O)C(F)(F)F. The summed E-state index contributed by atoms with van der Waals surface area (Å²) >= 11 is 1.55. The van der Waals surface area contributed by atoms with Crippen LogP contribution < -0.4 is 15.2 Å². The van der Waals surface area contributed by atoms with E-state index >= 15 is 0 Å². The number of sulfonamides is 1. The summed E-state index contributed by atoms with van der Waals surface area (Å²) in [5.74, 6) is -1.93. The number of carboxylic acids is 1. The third-order valence-electron chi connectivity index (χ3n) is 6.12. The molecule has 2 aromatic heterocycles. The van der Waals surface area contributed by atoms with Crippen molar-refractivity contribution in [2.75, 3.05) is 19.4 Å². The van der Waals surface area contributed by atoms with Crippen LogP contribution in [-0.4, -0.2) is 61.2 Å². The molecule has 1 saturated heterocycles. The number of fused-ring (bicyclic) bond motifs is 2. The molecular formula is C25H23F3N4O6S2. The number of hydrogen-bond acceptors (Lipinski definition) is 8. The summed E-state index contributed by atoms with van der Waals surface area (Å²) in [7, 11) is -2.32. The maximum Gasteiger partial charge on any atom is 0.490 e. The predicted octanol–water partition coefficient (Wildman–Crippen LogP) is 3.75. The van der Waals surface area contributed by atoms with Gasteiger partial charge in [-0.25, -0.2) is 18.2 Å². The van der Waals surface area contributed by atoms with E-state index < -0.39 is 28.2 Å². The third-order valence-corrected chi connectivity index (χ3v) is 8.58. The molecule has 1 fully saturated rings. The molecule has 0 aliphatic carbocycles. The molecule has 4 N–H and O–H groups in total. The lowest BCUT2D eigenvalue weighted by atomic mass is 10.1. The van der Waals surface area contributed by atoms with Gasteiger partial charge in [-0.2, -0.15) is 17.9 Å². The zero-order chi connectivity index (χ0) is 29.2. The molecule has 15 heteroatoms. The summed E-state index contributed by atoms with van der Waals surface area (Å²) in [6, 6.07) is 11.4. The molecule has 0 unspecified atom stereocenters. The number of nitrogens with one attached hydrogen (secondary N) is 1. The van der Waals surface area contributed by atoms with Crippen molar-refractivity contribution in [1.82, 2.24) is 14.6 Å². The van der Waals surface area contributed by atoms with Crippen LogP contribution >= 0.6 is 11.3 Å². The van der Waals surface area contributed by atoms with E-state index in [1.165, 1.54) is 0 Å². The summed E-state index contributed by atoms with van der Waals surface area (Å²) in [6.07, 6.45) is -3.03. The predicted molar refractivity (Wildman–Crippen MR) is 142 cm³/mol. The first-order valence-electron chi connectivity index (χ1n) is 11.6. The number of carbonyl (C=O) groups excluding carboxylic acids is 1. The average Bonchev–Trinajstić information content (AvgIpc) is 3.47. The van der Waals surface area contributed by atoms with E-state index in [2.05, 4.69) is 9.71 Å². The standard InChI is InChI=1S/C23H22N4O4S2.C2HF3O2/c1-31-17-4-2-14-3-5-18(11-15(14)10-17)33(29,30)26-19-7-9-27(23(19)28)12-16-13-32-20-6-8-25-22(24)21(16)20;3-2(4,5)1(6)7/h2-6,8,10-11,13,19,26H,7,9,12H2,1H3,(H2,24,25);(H,6,7)/t19-;/m0./s1. The number of hydrogen-bond donors (Lipinski definition) is 3. The van der Waals surface area contributed by atoms with Crippen LogP contribution in [0.4, 0.5) is 19.0 Å². The number of alkyl halides is 3. The first-order valence-corrected chi connectivity index (χ1v) is 14.0. The fourth-order valence-electron chi connectivity index (χ4n) is 4.15. The fraction of sp³-hybridized carbons (Fsp3) is 0.240. The Labute approximate surface area is 230 Å². The van der Waals surface area contributed by atoms with Crippen molar-refractivity contribution in [2.45, 2.75) is 30.1 Å². The number of amides is 1. The number of thiophene rings is 1. The number of aliphatic carboxylic acids is 1. The lowest BCUT2D eigenvalue weighted by Gasteiger charge is -2.17. The molecule has 1 aliphatic heterocycles. The van der Waals surface area contributed by atoms with E-state index in [9.17, 15) is 26.4 Å². The Hall–Kier alpha value is -3.95. The van der Waals surface area contributed by atoms with Gasteiger partial charge in [-0.15, -0.1) is 11.3 Å². The number of ether oxygens (including phenoxy) is 1. The van der Waals surface area contributed by atoms with Gasteiger partial charge >= 0.3 is 12.1 Å². The van der Waals surface area contributed by atoms with E-state index in [0.29, 0.717) is 31.1 Å². The van der Waals surface area contributed by atoms with Crippen LogP contribution in [0.5, 0.6) is 5.75 Å². The summed E-state index contributed by atoms with van der Waals surface area (Å²) in [6.45, 7) is 0.821. The number of likely N-dealkylation sites (tertiary alicyclic amines) is 1. The molecule has 4 aromatic rings. The topological polar surface area (TPSA) is 152 Å². The van der Waals surface area contributed by atoms with E-state index in [1.807, 2.05) is 23.6 Å². The molecular weight excluding hydrogens is 573 g/mol. The number of nitrogen functional groups attached to an aromatic ring is 1. The molecule has 0 saturated carbocycles. The van der Waals surface area contributed by atoms with Gasteiger partial charge in [0.2, 0.25) is 15.9 Å². The number of rotatable bonds is 6. The highest BCUT2D eigenvalue weighted by Crippen LogP contribution is 2.31. The molecule has 10 nitrogen and oxygen atoms in total. The van der Waals surface area contributed by atoms with Crippen molar-refractivity contribution in [3.63, 3.8) is 0 Å². The third kappa shape index (κ3) is 6.26. The Morgan fingerprint density at radius 1 is 1.23 bits per heavy atom. The van der Waals surface area contributed by atoms with Crippen LogP contribution in [0, 0.1) is 0 Å². The average molecular weight is 597 g/mol. The number of carboxylic acid groups (broad SMARTS) is 1. The van der Waals surface area contributed by atoms with Crippen LogP contribution in [0.1, 0.15) is 12.0 Å². The van der Waals surface area contributed by atoms with Crippen molar-refractivity contribution >= 4 is 59.9 Å². The van der Waals surface area contributed by atoms with Gasteiger partial charge in [0, 0.05) is 29.4 Å². The molecule has 2 aromatic carbocycles. The number of aromatic nitrogens is 1. The van der Waals surface area contributed by atoms with Gasteiger partial charge < -0.3 is 20.5 Å². The highest BCUT2D eigenvalue weighted by molar-refractivity contribution is 7.89. The quantitative estimate of drug-likeness (QED) is 0.304. The normalized spacial score (nSPS) is 15.8. The Kier molecular flexibility index (Phi) is 8.18. The van der Waals surface area contributed by atoms with Gasteiger partial charge in [0.05, 0.1) is 12.0 Å². The van der Waals surface area contributed by atoms with Gasteiger partial charge in [0.1, 0.15) is 17.6 Å². The highest BCUT2D eigenvalue weighted by atomic mass is 32.2. The number of anilines is 1. The lowest BCUT2D eigenvalue weighted by Crippen LogP contribution is -2.41. The molecule has 1 amide bonds. The van der Waals surface area contributed by atoms with Gasteiger partial charge in [0.15, 0.2) is 0 Å². The number of pyridine rings is 1. The number of carbonyl (C=O) groups is 2. The second kappa shape index (κ2) is 11.3. The number of nitrogens with zero attached hydrogens (tertiary/aromatic N) is 2. The van der Waals surface area contributed by atoms with Crippen molar-refractivity contribution in [3.05, 3.63) is 59.6 Å². The minimum Gasteiger partial charge on any atom is -0.497 e. The Bertz CT molecular complexity index is 1690. The minimum atomic E-state index is -5.08. The van der Waals surface area contributed by atoms with Gasteiger partial charge in [-0.1, -0.05) is 12.1 Å². The van der Waals surface area contributed by atoms with Crippen molar-refractivity contribution in [2.24, 2.45) is 0 Å². The molecule has 1 aliphatic rings. The Morgan fingerprint density at radius 2 is 1.93 bits per heavy atom. The number of nitrogens with two attached hydrogens (primary N) is 1. The fourth-order valence-corrected chi connectivity index (χ4v) is 6.37. The Morgan fingerprint density at radius 3 is 2.60 bits per heavy atom. The number of benzene rings is 2. The summed E-state index contributed by atoms with van der Waals surface area (Å²) in [4.78, 5) is 27.8. The van der Waals surface area contributed by atoms with Crippen molar-refractivity contribution < 1.29 is 41.0 Å². The van der Waals surface area contributed by atoms with Crippen LogP contribution in [0.25, 0.3) is 20.9 Å². The van der Waals surface area contributed by atoms with E-state index in [0.717, 1.165) is 26.4 Å². The smallest absolute Gasteiger partial charge is 0.490 e. The summed E-state index contributed by atoms with van der Waals surface area (Å²) in [5.41, 5.74) is 6.95. The van der Waals surface area contributed by atoms with Gasteiger partial charge in [0.25, 0.3) is 0 Å². The van der Waals surface area contributed by atoms with Crippen LogP contribution in [0.2, 0.25) is 0 Å². The minimum absolute atomic E-state index is 0.108. The van der Waals surface area contributed by atoms with Crippen LogP contribution in [0.3, 0.4) is 0 Å². The van der Waals surface area contributed by atoms with E-state index in [1.54, 1.807) is 53.8 Å². The molecule has 5 rings (SSSR count). The first kappa shape index (κ1) is 29.0. The molecule has 3 heterocycles. The summed E-state index contributed by atoms with van der Waals surface area (Å²) < 4.78 is 66.6. The van der Waals surface area contributed by atoms with Crippen LogP contribution in [0.15, 0.2) is 58.9 Å². The van der Waals surface area contributed by atoms with Crippen LogP contribution in [-0.2, 0) is 26.2 Å². The van der Waals surface area contributed by atoms with E-state index in [-0.39, 0.29) is 10.8 Å². The van der Waals surface area contributed by atoms with Crippen molar-refractivity contribution in [1.29, 1.82) is 0 Å². The largest absolute Gasteiger partial charge is 0.497 e. The second-order valence-corrected chi connectivity index (χ2v) is 11.4. The molecule has 40 heavy (non-hydrogen) atoms. The van der Waals surface area contributed by atoms with Gasteiger partial charge in [-0.05, 0) is 58.5 Å². The molecule has 0 spiro atoms. The maximum atomic E-state index is 13.0. The first-order chi connectivity index (χ1) is 18.8. The van der Waals surface area contributed by atoms with Crippen molar-refractivity contribution in [3.8, 4) is 5.75 Å². The zero-order valence-electron chi connectivity index (χ0n) is 20.8. The molecule has 1 atom stereocenters. The van der Waals surface area contributed by atoms with E-state index in [4.69, 9.17) is 20.4 Å². The van der Waals surface area contributed by atoms with Gasteiger partial charge in [-0.3, -0.25) is 4.79 Å². The number of halogens is 3. The highest BCUT2D eigenvalue weighted by Gasteiger charge is 2.38. The number of methoxy groups -OCH3 is 1. The zero-order valence-corrected chi connectivity index (χ0v) is 22.4. The molecule has 0 radical (unpaired) electrons. The Balaban J connectivity index is 0.000000470. The molecule has 212 valence electrons. The maximum absolute atomic E-state index is 13.0. The second-order valence-electron chi connectivity index (χ2n) is 8.73.